The summed E-state index contributed by atoms with van der Waals surface area (Å²) in [6.45, 7) is 6.54. The Bertz CT molecular complexity index is 404. The Hall–Kier alpha value is -1.42. The number of aromatic nitrogens is 1. The van der Waals surface area contributed by atoms with Gasteiger partial charge >= 0.3 is 0 Å². The SMILES string of the molecule is Cc1cnccc1CNC(=O)C(C)CCCC(C)N. The normalized spacial score (nSPS) is 13.9. The van der Waals surface area contributed by atoms with Gasteiger partial charge in [-0.2, -0.15) is 0 Å². The first-order valence-corrected chi connectivity index (χ1v) is 6.93. The van der Waals surface area contributed by atoms with Gasteiger partial charge in [0, 0.05) is 30.9 Å². The summed E-state index contributed by atoms with van der Waals surface area (Å²) < 4.78 is 0. The van der Waals surface area contributed by atoms with Gasteiger partial charge in [-0.1, -0.05) is 13.3 Å². The predicted octanol–water partition coefficient (Wildman–Crippen LogP) is 2.16. The van der Waals surface area contributed by atoms with Crippen LogP contribution in [0.1, 0.15) is 44.2 Å². The van der Waals surface area contributed by atoms with Crippen molar-refractivity contribution < 1.29 is 4.79 Å². The van der Waals surface area contributed by atoms with Crippen LogP contribution in [0, 0.1) is 12.8 Å². The van der Waals surface area contributed by atoms with E-state index in [2.05, 4.69) is 10.3 Å². The zero-order chi connectivity index (χ0) is 14.3. The third kappa shape index (κ3) is 5.83. The molecule has 0 radical (unpaired) electrons. The Kier molecular flexibility index (Phi) is 6.50. The minimum Gasteiger partial charge on any atom is -0.352 e. The molecule has 19 heavy (non-hydrogen) atoms. The molecule has 1 amide bonds. The molecule has 106 valence electrons. The molecule has 0 aromatic carbocycles. The van der Waals surface area contributed by atoms with Crippen molar-refractivity contribution in [3.8, 4) is 0 Å². The smallest absolute Gasteiger partial charge is 0.223 e. The Morgan fingerprint density at radius 3 is 2.79 bits per heavy atom. The second-order valence-corrected chi connectivity index (χ2v) is 5.33. The standard InChI is InChI=1S/C15H25N3O/c1-11(5-4-6-13(3)16)15(19)18-10-14-7-8-17-9-12(14)2/h7-9,11,13H,4-6,10,16H2,1-3H3,(H,18,19). The molecule has 0 spiro atoms. The number of hydrogen-bond donors (Lipinski definition) is 2. The first-order valence-electron chi connectivity index (χ1n) is 6.93. The number of carbonyl (C=O) groups is 1. The molecule has 0 saturated carbocycles. The van der Waals surface area contributed by atoms with Gasteiger partial charge in [0.25, 0.3) is 0 Å². The zero-order valence-electron chi connectivity index (χ0n) is 12.1. The minimum absolute atomic E-state index is 0.0425. The summed E-state index contributed by atoms with van der Waals surface area (Å²) in [7, 11) is 0. The van der Waals surface area contributed by atoms with Crippen LogP contribution in [-0.4, -0.2) is 16.9 Å². The highest BCUT2D eigenvalue weighted by atomic mass is 16.1. The van der Waals surface area contributed by atoms with E-state index in [4.69, 9.17) is 5.73 Å². The lowest BCUT2D eigenvalue weighted by Crippen LogP contribution is -2.29. The summed E-state index contributed by atoms with van der Waals surface area (Å²) in [5.74, 6) is 0.154. The molecule has 0 saturated heterocycles. The first-order chi connectivity index (χ1) is 9.00. The second kappa shape index (κ2) is 7.89. The number of nitrogens with two attached hydrogens (primary N) is 1. The molecule has 1 heterocycles. The number of nitrogens with one attached hydrogen (secondary N) is 1. The number of aryl methyl sites for hydroxylation is 1. The summed E-state index contributed by atoms with van der Waals surface area (Å²) >= 11 is 0. The molecule has 4 nitrogen and oxygen atoms in total. The maximum atomic E-state index is 11.9. The van der Waals surface area contributed by atoms with E-state index >= 15 is 0 Å². The Labute approximate surface area is 115 Å². The average Bonchev–Trinajstić information content (AvgIpc) is 2.36. The van der Waals surface area contributed by atoms with Crippen LogP contribution in [0.2, 0.25) is 0 Å². The van der Waals surface area contributed by atoms with Crippen LogP contribution in [0.25, 0.3) is 0 Å². The molecule has 1 rings (SSSR count). The van der Waals surface area contributed by atoms with Gasteiger partial charge in [-0.15, -0.1) is 0 Å². The van der Waals surface area contributed by atoms with Gasteiger partial charge in [0.2, 0.25) is 5.91 Å². The molecule has 0 bridgehead atoms. The van der Waals surface area contributed by atoms with Crippen molar-refractivity contribution in [1.82, 2.24) is 10.3 Å². The van der Waals surface area contributed by atoms with E-state index in [0.717, 1.165) is 30.4 Å². The van der Waals surface area contributed by atoms with E-state index in [-0.39, 0.29) is 17.9 Å². The fourth-order valence-electron chi connectivity index (χ4n) is 1.93. The van der Waals surface area contributed by atoms with Crippen LogP contribution in [0.5, 0.6) is 0 Å². The largest absolute Gasteiger partial charge is 0.352 e. The molecule has 0 aliphatic heterocycles. The van der Waals surface area contributed by atoms with Gasteiger partial charge in [0.1, 0.15) is 0 Å². The monoisotopic (exact) mass is 263 g/mol. The Morgan fingerprint density at radius 1 is 1.42 bits per heavy atom. The van der Waals surface area contributed by atoms with Crippen LogP contribution in [0.15, 0.2) is 18.5 Å². The van der Waals surface area contributed by atoms with Crippen LogP contribution < -0.4 is 11.1 Å². The van der Waals surface area contributed by atoms with Crippen LogP contribution in [0.4, 0.5) is 0 Å². The van der Waals surface area contributed by atoms with Crippen molar-refractivity contribution in [3.63, 3.8) is 0 Å². The number of rotatable bonds is 7. The molecule has 1 aromatic heterocycles. The van der Waals surface area contributed by atoms with Crippen molar-refractivity contribution in [2.45, 2.75) is 52.6 Å². The van der Waals surface area contributed by atoms with Crippen LogP contribution >= 0.6 is 0 Å². The van der Waals surface area contributed by atoms with Crippen molar-refractivity contribution in [1.29, 1.82) is 0 Å². The summed E-state index contributed by atoms with van der Waals surface area (Å²) in [6, 6.07) is 2.16. The highest BCUT2D eigenvalue weighted by molar-refractivity contribution is 5.78. The van der Waals surface area contributed by atoms with E-state index in [0.29, 0.717) is 6.54 Å². The Morgan fingerprint density at radius 2 is 2.16 bits per heavy atom. The minimum atomic E-state index is 0.0425. The zero-order valence-corrected chi connectivity index (χ0v) is 12.1. The maximum absolute atomic E-state index is 11.9. The van der Waals surface area contributed by atoms with Gasteiger partial charge in [0.05, 0.1) is 0 Å². The second-order valence-electron chi connectivity index (χ2n) is 5.33. The van der Waals surface area contributed by atoms with Gasteiger partial charge in [0.15, 0.2) is 0 Å². The lowest BCUT2D eigenvalue weighted by atomic mass is 10.0. The summed E-state index contributed by atoms with van der Waals surface area (Å²) in [5, 5.41) is 2.98. The van der Waals surface area contributed by atoms with Crippen molar-refractivity contribution >= 4 is 5.91 Å². The van der Waals surface area contributed by atoms with Crippen LogP contribution in [-0.2, 0) is 11.3 Å². The Balaban J connectivity index is 2.32. The van der Waals surface area contributed by atoms with E-state index in [1.54, 1.807) is 6.20 Å². The quantitative estimate of drug-likeness (QED) is 0.792. The molecule has 0 aliphatic rings. The number of pyridine rings is 1. The number of hydrogen-bond acceptors (Lipinski definition) is 3. The molecular formula is C15H25N3O. The molecule has 2 atom stereocenters. The van der Waals surface area contributed by atoms with E-state index in [1.807, 2.05) is 33.0 Å². The maximum Gasteiger partial charge on any atom is 0.223 e. The summed E-state index contributed by atoms with van der Waals surface area (Å²) in [6.07, 6.45) is 6.43. The molecule has 3 N–H and O–H groups in total. The molecule has 1 aromatic rings. The molecular weight excluding hydrogens is 238 g/mol. The summed E-state index contributed by atoms with van der Waals surface area (Å²) in [5.41, 5.74) is 7.92. The third-order valence-corrected chi connectivity index (χ3v) is 3.33. The third-order valence-electron chi connectivity index (χ3n) is 3.33. The highest BCUT2D eigenvalue weighted by Crippen LogP contribution is 2.10. The van der Waals surface area contributed by atoms with E-state index in [9.17, 15) is 4.79 Å². The van der Waals surface area contributed by atoms with Crippen molar-refractivity contribution in [2.75, 3.05) is 0 Å². The lowest BCUT2D eigenvalue weighted by molar-refractivity contribution is -0.124. The van der Waals surface area contributed by atoms with Gasteiger partial charge in [-0.05, 0) is 43.9 Å². The molecule has 0 aliphatic carbocycles. The highest BCUT2D eigenvalue weighted by Gasteiger charge is 2.12. The van der Waals surface area contributed by atoms with Crippen molar-refractivity contribution in [2.24, 2.45) is 11.7 Å². The van der Waals surface area contributed by atoms with Gasteiger partial charge in [-0.3, -0.25) is 9.78 Å². The lowest BCUT2D eigenvalue weighted by Gasteiger charge is -2.13. The van der Waals surface area contributed by atoms with E-state index in [1.165, 1.54) is 0 Å². The number of nitrogens with zero attached hydrogens (tertiary/aromatic N) is 1. The van der Waals surface area contributed by atoms with Gasteiger partial charge in [-0.25, -0.2) is 0 Å². The molecule has 4 heteroatoms. The topological polar surface area (TPSA) is 68.0 Å². The van der Waals surface area contributed by atoms with Crippen molar-refractivity contribution in [3.05, 3.63) is 29.6 Å². The molecule has 2 unspecified atom stereocenters. The van der Waals surface area contributed by atoms with Crippen LogP contribution in [0.3, 0.4) is 0 Å². The molecule has 0 fully saturated rings. The fraction of sp³-hybridized carbons (Fsp3) is 0.600. The van der Waals surface area contributed by atoms with E-state index < -0.39 is 0 Å². The summed E-state index contributed by atoms with van der Waals surface area (Å²) in [4.78, 5) is 16.0. The first kappa shape index (κ1) is 15.6. The number of carbonyl (C=O) groups excluding carboxylic acids is 1. The fourth-order valence-corrected chi connectivity index (χ4v) is 1.93. The number of amides is 1. The predicted molar refractivity (Wildman–Crippen MR) is 77.5 cm³/mol. The van der Waals surface area contributed by atoms with Gasteiger partial charge < -0.3 is 11.1 Å². The average molecular weight is 263 g/mol.